The predicted octanol–water partition coefficient (Wildman–Crippen LogP) is 0.661. The van der Waals surface area contributed by atoms with Crippen molar-refractivity contribution >= 4 is 5.69 Å². The maximum absolute atomic E-state index is 11.9. The molecule has 1 saturated heterocycles. The second-order valence-corrected chi connectivity index (χ2v) is 4.23. The normalized spacial score (nSPS) is 17.4. The molecule has 0 spiro atoms. The zero-order valence-electron chi connectivity index (χ0n) is 9.72. The average molecular weight is 223 g/mol. The van der Waals surface area contributed by atoms with Gasteiger partial charge in [-0.2, -0.15) is 5.10 Å². The van der Waals surface area contributed by atoms with Crippen molar-refractivity contribution in [3.8, 4) is 0 Å². The lowest BCUT2D eigenvalue weighted by atomic mass is 10.1. The molecule has 0 aliphatic carbocycles. The van der Waals surface area contributed by atoms with Crippen LogP contribution < -0.4 is 10.5 Å². The molecule has 0 saturated carbocycles. The van der Waals surface area contributed by atoms with Crippen molar-refractivity contribution < 1.29 is 4.74 Å². The highest BCUT2D eigenvalue weighted by Crippen LogP contribution is 2.18. The van der Waals surface area contributed by atoms with Gasteiger partial charge in [-0.05, 0) is 12.8 Å². The molecular formula is C11H17N3O2. The number of hydrogen-bond donors (Lipinski definition) is 0. The van der Waals surface area contributed by atoms with Crippen molar-refractivity contribution in [2.75, 3.05) is 32.2 Å². The summed E-state index contributed by atoms with van der Waals surface area (Å²) in [5.74, 6) is 0. The van der Waals surface area contributed by atoms with Crippen LogP contribution in [0.5, 0.6) is 0 Å². The summed E-state index contributed by atoms with van der Waals surface area (Å²) < 4.78 is 6.85. The van der Waals surface area contributed by atoms with Crippen LogP contribution in [-0.4, -0.2) is 37.1 Å². The number of nitrogens with zero attached hydrogens (tertiary/aromatic N) is 3. The number of rotatable bonds is 2. The molecule has 0 radical (unpaired) electrons. The highest BCUT2D eigenvalue weighted by Gasteiger charge is 2.17. The van der Waals surface area contributed by atoms with Crippen LogP contribution in [0.1, 0.15) is 18.9 Å². The van der Waals surface area contributed by atoms with Crippen molar-refractivity contribution in [2.45, 2.75) is 18.9 Å². The highest BCUT2D eigenvalue weighted by atomic mass is 16.5. The van der Waals surface area contributed by atoms with E-state index in [0.29, 0.717) is 13.2 Å². The topological polar surface area (TPSA) is 47.4 Å². The Balaban J connectivity index is 2.25. The molecule has 88 valence electrons. The van der Waals surface area contributed by atoms with Crippen LogP contribution >= 0.6 is 0 Å². The van der Waals surface area contributed by atoms with E-state index in [4.69, 9.17) is 4.74 Å². The summed E-state index contributed by atoms with van der Waals surface area (Å²) >= 11 is 0. The molecule has 16 heavy (non-hydrogen) atoms. The summed E-state index contributed by atoms with van der Waals surface area (Å²) in [5.41, 5.74) is 0.811. The summed E-state index contributed by atoms with van der Waals surface area (Å²) in [6, 6.07) is 1.82. The van der Waals surface area contributed by atoms with E-state index in [2.05, 4.69) is 5.10 Å². The van der Waals surface area contributed by atoms with Gasteiger partial charge in [-0.25, -0.2) is 4.68 Å². The highest BCUT2D eigenvalue weighted by molar-refractivity contribution is 5.40. The molecule has 0 N–H and O–H groups in total. The van der Waals surface area contributed by atoms with Gasteiger partial charge in [0.25, 0.3) is 5.56 Å². The predicted molar refractivity (Wildman–Crippen MR) is 61.9 cm³/mol. The summed E-state index contributed by atoms with van der Waals surface area (Å²) in [7, 11) is 3.80. The first-order chi connectivity index (χ1) is 7.68. The molecule has 5 heteroatoms. The quantitative estimate of drug-likeness (QED) is 0.739. The first-order valence-electron chi connectivity index (χ1n) is 5.52. The average Bonchev–Trinajstić information content (AvgIpc) is 2.30. The minimum Gasteiger partial charge on any atom is -0.381 e. The maximum Gasteiger partial charge on any atom is 0.269 e. The van der Waals surface area contributed by atoms with Gasteiger partial charge in [-0.3, -0.25) is 4.79 Å². The van der Waals surface area contributed by atoms with Crippen LogP contribution in [0.2, 0.25) is 0 Å². The van der Waals surface area contributed by atoms with Gasteiger partial charge in [0, 0.05) is 33.4 Å². The Labute approximate surface area is 94.6 Å². The molecule has 0 atom stereocenters. The fraction of sp³-hybridized carbons (Fsp3) is 0.636. The zero-order chi connectivity index (χ0) is 11.5. The van der Waals surface area contributed by atoms with Crippen LogP contribution in [0.25, 0.3) is 0 Å². The third-order valence-electron chi connectivity index (χ3n) is 2.86. The lowest BCUT2D eigenvalue weighted by Gasteiger charge is -2.23. The lowest BCUT2D eigenvalue weighted by molar-refractivity contribution is 0.0648. The number of hydrogen-bond acceptors (Lipinski definition) is 4. The smallest absolute Gasteiger partial charge is 0.269 e. The van der Waals surface area contributed by atoms with Gasteiger partial charge in [-0.1, -0.05) is 0 Å². The van der Waals surface area contributed by atoms with Gasteiger partial charge in [0.2, 0.25) is 0 Å². The van der Waals surface area contributed by atoms with E-state index < -0.39 is 0 Å². The Morgan fingerprint density at radius 1 is 1.44 bits per heavy atom. The van der Waals surface area contributed by atoms with Crippen molar-refractivity contribution in [3.63, 3.8) is 0 Å². The fourth-order valence-electron chi connectivity index (χ4n) is 1.86. The van der Waals surface area contributed by atoms with Crippen LogP contribution in [0, 0.1) is 0 Å². The molecule has 1 aromatic rings. The molecule has 2 heterocycles. The summed E-state index contributed by atoms with van der Waals surface area (Å²) in [5, 5.41) is 4.23. The molecule has 0 aromatic carbocycles. The zero-order valence-corrected chi connectivity index (χ0v) is 9.72. The minimum atomic E-state index is -0.0295. The Bertz CT molecular complexity index is 408. The molecule has 0 unspecified atom stereocenters. The number of aromatic nitrogens is 2. The maximum atomic E-state index is 11.9. The number of ether oxygens (including phenoxy) is 1. The van der Waals surface area contributed by atoms with Crippen LogP contribution in [-0.2, 0) is 4.74 Å². The van der Waals surface area contributed by atoms with Gasteiger partial charge < -0.3 is 9.64 Å². The number of anilines is 1. The van der Waals surface area contributed by atoms with Crippen molar-refractivity contribution in [1.82, 2.24) is 9.78 Å². The second-order valence-electron chi connectivity index (χ2n) is 4.23. The standard InChI is InChI=1S/C11H17N3O2/c1-13(2)10-7-11(15)14(12-8-10)9-3-5-16-6-4-9/h7-9H,3-6H2,1-2H3. The van der Waals surface area contributed by atoms with Crippen LogP contribution in [0.15, 0.2) is 17.1 Å². The second kappa shape index (κ2) is 4.65. The Kier molecular flexibility index (Phi) is 3.24. The van der Waals surface area contributed by atoms with E-state index in [0.717, 1.165) is 18.5 Å². The van der Waals surface area contributed by atoms with Crippen LogP contribution in [0.4, 0.5) is 5.69 Å². The molecule has 1 aromatic heterocycles. The molecule has 1 aliphatic rings. The summed E-state index contributed by atoms with van der Waals surface area (Å²) in [6.07, 6.45) is 3.47. The molecule has 0 bridgehead atoms. The third-order valence-corrected chi connectivity index (χ3v) is 2.86. The van der Waals surface area contributed by atoms with Crippen molar-refractivity contribution in [1.29, 1.82) is 0 Å². The van der Waals surface area contributed by atoms with Gasteiger partial charge in [0.1, 0.15) is 0 Å². The third kappa shape index (κ3) is 2.24. The van der Waals surface area contributed by atoms with E-state index in [1.54, 1.807) is 16.9 Å². The first kappa shape index (κ1) is 11.1. The summed E-state index contributed by atoms with van der Waals surface area (Å²) in [4.78, 5) is 13.8. The Morgan fingerprint density at radius 3 is 2.69 bits per heavy atom. The Morgan fingerprint density at radius 2 is 2.12 bits per heavy atom. The first-order valence-corrected chi connectivity index (χ1v) is 5.52. The van der Waals surface area contributed by atoms with Crippen molar-refractivity contribution in [2.24, 2.45) is 0 Å². The van der Waals surface area contributed by atoms with Gasteiger partial charge in [0.15, 0.2) is 0 Å². The van der Waals surface area contributed by atoms with Crippen molar-refractivity contribution in [3.05, 3.63) is 22.6 Å². The molecular weight excluding hydrogens is 206 g/mol. The monoisotopic (exact) mass is 223 g/mol. The van der Waals surface area contributed by atoms with E-state index in [-0.39, 0.29) is 11.6 Å². The SMILES string of the molecule is CN(C)c1cnn(C2CCOCC2)c(=O)c1. The molecule has 2 rings (SSSR count). The fourth-order valence-corrected chi connectivity index (χ4v) is 1.86. The van der Waals surface area contributed by atoms with Gasteiger partial charge >= 0.3 is 0 Å². The van der Waals surface area contributed by atoms with Gasteiger partial charge in [0.05, 0.1) is 17.9 Å². The van der Waals surface area contributed by atoms with E-state index >= 15 is 0 Å². The minimum absolute atomic E-state index is 0.0295. The molecule has 5 nitrogen and oxygen atoms in total. The van der Waals surface area contributed by atoms with E-state index in [1.165, 1.54) is 0 Å². The Hall–Kier alpha value is -1.36. The molecule has 1 aliphatic heterocycles. The molecule has 1 fully saturated rings. The van der Waals surface area contributed by atoms with Gasteiger partial charge in [-0.15, -0.1) is 0 Å². The largest absolute Gasteiger partial charge is 0.381 e. The summed E-state index contributed by atoms with van der Waals surface area (Å²) in [6.45, 7) is 1.43. The van der Waals surface area contributed by atoms with Crippen LogP contribution in [0.3, 0.4) is 0 Å². The van der Waals surface area contributed by atoms with E-state index in [1.807, 2.05) is 19.0 Å². The molecule has 0 amide bonds. The lowest BCUT2D eigenvalue weighted by Crippen LogP contribution is -2.31. The van der Waals surface area contributed by atoms with E-state index in [9.17, 15) is 4.79 Å².